The van der Waals surface area contributed by atoms with Crippen LogP contribution < -0.4 is 0 Å². The van der Waals surface area contributed by atoms with Crippen LogP contribution in [0.4, 0.5) is 4.39 Å². The highest BCUT2D eigenvalue weighted by Crippen LogP contribution is 2.23. The van der Waals surface area contributed by atoms with Crippen LogP contribution >= 0.6 is 0 Å². The summed E-state index contributed by atoms with van der Waals surface area (Å²) in [5.74, 6) is 0.682. The molecule has 0 fully saturated rings. The maximum atomic E-state index is 14.4. The summed E-state index contributed by atoms with van der Waals surface area (Å²) in [6, 6.07) is 5.54. The standard InChI is InChI=1S/C22H31FN2/c1-3-5-7-8-10-12-22-24-16-19(17-25-22)20-14-13-18(15-21(20)23)11-9-6-4-2/h13-17H,3-12H2,1-2H3. The molecule has 2 rings (SSSR count). The van der Waals surface area contributed by atoms with Gasteiger partial charge in [-0.1, -0.05) is 64.5 Å². The fourth-order valence-corrected chi connectivity index (χ4v) is 3.04. The van der Waals surface area contributed by atoms with Gasteiger partial charge in [0.25, 0.3) is 0 Å². The highest BCUT2D eigenvalue weighted by molar-refractivity contribution is 5.62. The van der Waals surface area contributed by atoms with Gasteiger partial charge in [-0.3, -0.25) is 0 Å². The third-order valence-corrected chi connectivity index (χ3v) is 4.62. The second kappa shape index (κ2) is 11.0. The average molecular weight is 343 g/mol. The zero-order chi connectivity index (χ0) is 17.9. The molecule has 0 unspecified atom stereocenters. The van der Waals surface area contributed by atoms with Crippen LogP contribution in [0.3, 0.4) is 0 Å². The van der Waals surface area contributed by atoms with Gasteiger partial charge in [-0.25, -0.2) is 14.4 Å². The first kappa shape index (κ1) is 19.6. The predicted molar refractivity (Wildman–Crippen MR) is 103 cm³/mol. The first-order valence-electron chi connectivity index (χ1n) is 9.84. The number of benzene rings is 1. The molecule has 0 aliphatic rings. The Bertz CT molecular complexity index is 622. The van der Waals surface area contributed by atoms with Gasteiger partial charge in [0.15, 0.2) is 0 Å². The van der Waals surface area contributed by atoms with Gasteiger partial charge in [-0.05, 0) is 30.9 Å². The Morgan fingerprint density at radius 1 is 0.800 bits per heavy atom. The van der Waals surface area contributed by atoms with Crippen molar-refractivity contribution in [3.8, 4) is 11.1 Å². The smallest absolute Gasteiger partial charge is 0.131 e. The van der Waals surface area contributed by atoms with Gasteiger partial charge in [-0.2, -0.15) is 0 Å². The highest BCUT2D eigenvalue weighted by Gasteiger charge is 2.08. The van der Waals surface area contributed by atoms with Crippen molar-refractivity contribution >= 4 is 0 Å². The summed E-state index contributed by atoms with van der Waals surface area (Å²) in [7, 11) is 0. The van der Waals surface area contributed by atoms with E-state index in [1.807, 2.05) is 12.1 Å². The van der Waals surface area contributed by atoms with E-state index in [2.05, 4.69) is 23.8 Å². The Kier molecular flexibility index (Phi) is 8.58. The molecule has 2 aromatic rings. The quantitative estimate of drug-likeness (QED) is 0.434. The topological polar surface area (TPSA) is 25.8 Å². The molecule has 2 nitrogen and oxygen atoms in total. The van der Waals surface area contributed by atoms with Gasteiger partial charge in [0, 0.05) is 29.9 Å². The Morgan fingerprint density at radius 3 is 2.12 bits per heavy atom. The Labute approximate surface area is 151 Å². The van der Waals surface area contributed by atoms with Crippen molar-refractivity contribution in [3.63, 3.8) is 0 Å². The molecule has 0 saturated carbocycles. The van der Waals surface area contributed by atoms with Crippen LogP contribution in [0.2, 0.25) is 0 Å². The minimum atomic E-state index is -0.176. The number of hydrogen-bond donors (Lipinski definition) is 0. The first-order chi connectivity index (χ1) is 12.2. The molecule has 0 atom stereocenters. The van der Waals surface area contributed by atoms with Gasteiger partial charge in [-0.15, -0.1) is 0 Å². The fourth-order valence-electron chi connectivity index (χ4n) is 3.04. The normalized spacial score (nSPS) is 11.0. The summed E-state index contributed by atoms with van der Waals surface area (Å²) in [5, 5.41) is 0. The molecule has 1 heterocycles. The van der Waals surface area contributed by atoms with Crippen LogP contribution in [0.1, 0.15) is 76.6 Å². The monoisotopic (exact) mass is 342 g/mol. The molecule has 0 bridgehead atoms. The van der Waals surface area contributed by atoms with E-state index >= 15 is 0 Å². The molecule has 1 aromatic carbocycles. The lowest BCUT2D eigenvalue weighted by Crippen LogP contribution is -1.97. The first-order valence-corrected chi connectivity index (χ1v) is 9.84. The van der Waals surface area contributed by atoms with Crippen molar-refractivity contribution in [1.82, 2.24) is 9.97 Å². The Hall–Kier alpha value is -1.77. The Balaban J connectivity index is 1.92. The molecular weight excluding hydrogens is 311 g/mol. The van der Waals surface area contributed by atoms with E-state index in [0.717, 1.165) is 42.6 Å². The molecule has 0 amide bonds. The highest BCUT2D eigenvalue weighted by atomic mass is 19.1. The predicted octanol–water partition coefficient (Wildman–Crippen LogP) is 6.53. The van der Waals surface area contributed by atoms with Crippen LogP contribution in [0.15, 0.2) is 30.6 Å². The van der Waals surface area contributed by atoms with E-state index in [1.54, 1.807) is 18.5 Å². The van der Waals surface area contributed by atoms with Crippen molar-refractivity contribution in [2.24, 2.45) is 0 Å². The minimum Gasteiger partial charge on any atom is -0.241 e. The van der Waals surface area contributed by atoms with E-state index in [9.17, 15) is 4.39 Å². The van der Waals surface area contributed by atoms with Gasteiger partial charge < -0.3 is 0 Å². The summed E-state index contributed by atoms with van der Waals surface area (Å²) in [4.78, 5) is 8.84. The number of rotatable bonds is 11. The maximum Gasteiger partial charge on any atom is 0.131 e. The summed E-state index contributed by atoms with van der Waals surface area (Å²) in [6.07, 6.45) is 15.0. The third kappa shape index (κ3) is 6.56. The zero-order valence-electron chi connectivity index (χ0n) is 15.7. The molecule has 0 saturated heterocycles. The molecule has 0 N–H and O–H groups in total. The lowest BCUT2D eigenvalue weighted by molar-refractivity contribution is 0.621. The van der Waals surface area contributed by atoms with Crippen LogP contribution in [-0.4, -0.2) is 9.97 Å². The van der Waals surface area contributed by atoms with Crippen LogP contribution in [0, 0.1) is 5.82 Å². The van der Waals surface area contributed by atoms with E-state index < -0.39 is 0 Å². The van der Waals surface area contributed by atoms with Crippen molar-refractivity contribution in [2.45, 2.75) is 78.1 Å². The van der Waals surface area contributed by atoms with E-state index in [4.69, 9.17) is 0 Å². The van der Waals surface area contributed by atoms with Crippen molar-refractivity contribution in [1.29, 1.82) is 0 Å². The third-order valence-electron chi connectivity index (χ3n) is 4.62. The van der Waals surface area contributed by atoms with Gasteiger partial charge in [0.05, 0.1) is 0 Å². The van der Waals surface area contributed by atoms with E-state index in [0.29, 0.717) is 5.56 Å². The number of aryl methyl sites for hydroxylation is 2. The van der Waals surface area contributed by atoms with Gasteiger partial charge >= 0.3 is 0 Å². The number of unbranched alkanes of at least 4 members (excludes halogenated alkanes) is 6. The molecule has 0 radical (unpaired) electrons. The van der Waals surface area contributed by atoms with Gasteiger partial charge in [0.2, 0.25) is 0 Å². The summed E-state index contributed by atoms with van der Waals surface area (Å²) in [5.41, 5.74) is 2.42. The van der Waals surface area contributed by atoms with E-state index in [-0.39, 0.29) is 5.82 Å². The van der Waals surface area contributed by atoms with Crippen LogP contribution in [0.25, 0.3) is 11.1 Å². The Morgan fingerprint density at radius 2 is 1.44 bits per heavy atom. The average Bonchev–Trinajstić information content (AvgIpc) is 2.63. The van der Waals surface area contributed by atoms with Crippen molar-refractivity contribution in [2.75, 3.05) is 0 Å². The lowest BCUT2D eigenvalue weighted by Gasteiger charge is -2.07. The second-order valence-electron chi connectivity index (χ2n) is 6.82. The summed E-state index contributed by atoms with van der Waals surface area (Å²) < 4.78 is 14.4. The molecule has 0 aliphatic heterocycles. The number of halogens is 1. The van der Waals surface area contributed by atoms with Crippen molar-refractivity contribution < 1.29 is 4.39 Å². The number of nitrogens with zero attached hydrogens (tertiary/aromatic N) is 2. The van der Waals surface area contributed by atoms with Crippen molar-refractivity contribution in [3.05, 3.63) is 47.8 Å². The van der Waals surface area contributed by atoms with Crippen LogP contribution in [-0.2, 0) is 12.8 Å². The number of hydrogen-bond acceptors (Lipinski definition) is 2. The minimum absolute atomic E-state index is 0.176. The van der Waals surface area contributed by atoms with E-state index in [1.165, 1.54) is 38.5 Å². The molecule has 3 heteroatoms. The second-order valence-corrected chi connectivity index (χ2v) is 6.82. The fraction of sp³-hybridized carbons (Fsp3) is 0.545. The zero-order valence-corrected chi connectivity index (χ0v) is 15.7. The summed E-state index contributed by atoms with van der Waals surface area (Å²) in [6.45, 7) is 4.40. The molecule has 25 heavy (non-hydrogen) atoms. The molecule has 0 spiro atoms. The maximum absolute atomic E-state index is 14.4. The molecule has 136 valence electrons. The van der Waals surface area contributed by atoms with Gasteiger partial charge in [0.1, 0.15) is 11.6 Å². The van der Waals surface area contributed by atoms with Crippen LogP contribution in [0.5, 0.6) is 0 Å². The molecular formula is C22H31FN2. The largest absolute Gasteiger partial charge is 0.241 e. The molecule has 0 aliphatic carbocycles. The SMILES string of the molecule is CCCCCCCc1ncc(-c2ccc(CCCCC)cc2F)cn1. The summed E-state index contributed by atoms with van der Waals surface area (Å²) >= 11 is 0. The lowest BCUT2D eigenvalue weighted by atomic mass is 10.0. The number of aromatic nitrogens is 2. The molecule has 1 aromatic heterocycles.